The molecule has 1 atom stereocenters. The molecule has 1 unspecified atom stereocenters. The van der Waals surface area contributed by atoms with E-state index in [0.717, 1.165) is 18.1 Å². The normalized spacial score (nSPS) is 12.6. The van der Waals surface area contributed by atoms with Gasteiger partial charge in [0.1, 0.15) is 5.75 Å². The highest BCUT2D eigenvalue weighted by atomic mass is 127. The van der Waals surface area contributed by atoms with Crippen LogP contribution in [0.4, 0.5) is 0 Å². The van der Waals surface area contributed by atoms with Crippen molar-refractivity contribution in [2.24, 2.45) is 0 Å². The number of aromatic nitrogens is 1. The number of alkyl halides is 1. The maximum Gasteiger partial charge on any atom is 0.122 e. The minimum absolute atomic E-state index is 0.538. The molecule has 0 N–H and O–H groups in total. The third-order valence-corrected chi connectivity index (χ3v) is 1.71. The maximum absolute atomic E-state index is 5.50. The van der Waals surface area contributed by atoms with Crippen LogP contribution in [-0.2, 0) is 0 Å². The lowest BCUT2D eigenvalue weighted by Crippen LogP contribution is -2.06. The van der Waals surface area contributed by atoms with Gasteiger partial charge in [-0.1, -0.05) is 29.5 Å². The monoisotopic (exact) mass is 277 g/mol. The molecule has 0 amide bonds. The third-order valence-electron chi connectivity index (χ3n) is 1.35. The van der Waals surface area contributed by atoms with E-state index in [1.165, 1.54) is 0 Å². The topological polar surface area (TPSA) is 22.1 Å². The molecule has 0 saturated heterocycles. The molecule has 0 saturated carbocycles. The molecule has 0 fully saturated rings. The van der Waals surface area contributed by atoms with E-state index in [0.29, 0.717) is 3.92 Å². The molecule has 0 spiro atoms. The Hall–Kier alpha value is -0.320. The lowest BCUT2D eigenvalue weighted by atomic mass is 10.3. The fourth-order valence-electron chi connectivity index (χ4n) is 0.820. The minimum Gasteiger partial charge on any atom is -0.492 e. The summed E-state index contributed by atoms with van der Waals surface area (Å²) in [6.45, 7) is 4.83. The number of rotatable bonds is 3. The summed E-state index contributed by atoms with van der Waals surface area (Å²) in [5, 5.41) is 0. The van der Waals surface area contributed by atoms with E-state index in [4.69, 9.17) is 4.74 Å². The molecule has 0 aromatic carbocycles. The summed E-state index contributed by atoms with van der Waals surface area (Å²) in [6.07, 6.45) is 1.77. The maximum atomic E-state index is 5.50. The summed E-state index contributed by atoms with van der Waals surface area (Å²) in [6, 6.07) is 3.82. The standard InChI is InChI=1S/C9H12INO/c1-7(10)6-12-9-3-4-11-8(2)5-9/h3-5,7H,6H2,1-2H3. The second kappa shape index (κ2) is 4.64. The van der Waals surface area contributed by atoms with Crippen LogP contribution in [0.25, 0.3) is 0 Å². The molecule has 3 heteroatoms. The first-order valence-electron chi connectivity index (χ1n) is 3.88. The molecular weight excluding hydrogens is 265 g/mol. The molecule has 0 radical (unpaired) electrons. The number of pyridine rings is 1. The number of ether oxygens (including phenoxy) is 1. The van der Waals surface area contributed by atoms with Gasteiger partial charge in [0.15, 0.2) is 0 Å². The van der Waals surface area contributed by atoms with Crippen LogP contribution in [0.5, 0.6) is 5.75 Å². The molecule has 1 aromatic heterocycles. The van der Waals surface area contributed by atoms with Gasteiger partial charge in [-0.2, -0.15) is 0 Å². The van der Waals surface area contributed by atoms with Gasteiger partial charge in [-0.15, -0.1) is 0 Å². The van der Waals surface area contributed by atoms with Crippen LogP contribution >= 0.6 is 22.6 Å². The smallest absolute Gasteiger partial charge is 0.122 e. The van der Waals surface area contributed by atoms with Gasteiger partial charge in [0.25, 0.3) is 0 Å². The molecular formula is C9H12INO. The Bertz CT molecular complexity index is 250. The Labute approximate surface area is 86.5 Å². The molecule has 1 aromatic rings. The fourth-order valence-corrected chi connectivity index (χ4v) is 1.00. The lowest BCUT2D eigenvalue weighted by Gasteiger charge is -2.07. The van der Waals surface area contributed by atoms with Crippen molar-refractivity contribution in [1.29, 1.82) is 0 Å². The number of nitrogens with zero attached hydrogens (tertiary/aromatic N) is 1. The van der Waals surface area contributed by atoms with E-state index in [2.05, 4.69) is 34.5 Å². The van der Waals surface area contributed by atoms with E-state index >= 15 is 0 Å². The average molecular weight is 277 g/mol. The molecule has 66 valence electrons. The van der Waals surface area contributed by atoms with E-state index in [9.17, 15) is 0 Å². The van der Waals surface area contributed by atoms with Crippen LogP contribution < -0.4 is 4.74 Å². The summed E-state index contributed by atoms with van der Waals surface area (Å²) >= 11 is 2.34. The van der Waals surface area contributed by atoms with Gasteiger partial charge < -0.3 is 4.74 Å². The largest absolute Gasteiger partial charge is 0.492 e. The van der Waals surface area contributed by atoms with Crippen molar-refractivity contribution in [1.82, 2.24) is 4.98 Å². The molecule has 0 aliphatic heterocycles. The zero-order valence-electron chi connectivity index (χ0n) is 7.25. The van der Waals surface area contributed by atoms with E-state index in [1.807, 2.05) is 19.1 Å². The van der Waals surface area contributed by atoms with Crippen molar-refractivity contribution in [2.45, 2.75) is 17.8 Å². The number of aryl methyl sites for hydroxylation is 1. The van der Waals surface area contributed by atoms with Crippen molar-refractivity contribution in [3.05, 3.63) is 24.0 Å². The number of halogens is 1. The highest BCUT2D eigenvalue weighted by Crippen LogP contribution is 2.11. The van der Waals surface area contributed by atoms with Gasteiger partial charge >= 0.3 is 0 Å². The summed E-state index contributed by atoms with van der Waals surface area (Å²) < 4.78 is 6.04. The molecule has 0 bridgehead atoms. The molecule has 1 rings (SSSR count). The van der Waals surface area contributed by atoms with Crippen LogP contribution in [0.2, 0.25) is 0 Å². The van der Waals surface area contributed by atoms with Crippen molar-refractivity contribution in [2.75, 3.05) is 6.61 Å². The van der Waals surface area contributed by atoms with Crippen molar-refractivity contribution < 1.29 is 4.74 Å². The average Bonchev–Trinajstić information content (AvgIpc) is 2.01. The first-order chi connectivity index (χ1) is 5.68. The van der Waals surface area contributed by atoms with Crippen molar-refractivity contribution in [3.8, 4) is 5.75 Å². The summed E-state index contributed by atoms with van der Waals surface area (Å²) in [4.78, 5) is 4.09. The highest BCUT2D eigenvalue weighted by Gasteiger charge is 1.97. The Balaban J connectivity index is 2.52. The minimum atomic E-state index is 0.538. The van der Waals surface area contributed by atoms with Gasteiger partial charge in [-0.25, -0.2) is 0 Å². The second-order valence-corrected chi connectivity index (χ2v) is 4.85. The van der Waals surface area contributed by atoms with Crippen LogP contribution in [0.1, 0.15) is 12.6 Å². The summed E-state index contributed by atoms with van der Waals surface area (Å²) in [7, 11) is 0. The number of hydrogen-bond donors (Lipinski definition) is 0. The molecule has 0 aliphatic carbocycles. The SMILES string of the molecule is Cc1cc(OCC(C)I)ccn1. The second-order valence-electron chi connectivity index (χ2n) is 2.72. The quantitative estimate of drug-likeness (QED) is 0.626. The van der Waals surface area contributed by atoms with Gasteiger partial charge in [0.2, 0.25) is 0 Å². The van der Waals surface area contributed by atoms with E-state index in [-0.39, 0.29) is 0 Å². The zero-order valence-corrected chi connectivity index (χ0v) is 9.41. The highest BCUT2D eigenvalue weighted by molar-refractivity contribution is 14.1. The van der Waals surface area contributed by atoms with Gasteiger partial charge in [-0.3, -0.25) is 4.98 Å². The number of hydrogen-bond acceptors (Lipinski definition) is 2. The van der Waals surface area contributed by atoms with Gasteiger partial charge in [0, 0.05) is 21.9 Å². The Morgan fingerprint density at radius 1 is 1.67 bits per heavy atom. The van der Waals surface area contributed by atoms with Crippen LogP contribution in [-0.4, -0.2) is 15.5 Å². The summed E-state index contributed by atoms with van der Waals surface area (Å²) in [5.74, 6) is 0.908. The Kier molecular flexibility index (Phi) is 3.78. The van der Waals surface area contributed by atoms with E-state index < -0.39 is 0 Å². The van der Waals surface area contributed by atoms with Crippen molar-refractivity contribution >= 4 is 22.6 Å². The van der Waals surface area contributed by atoms with Gasteiger partial charge in [0.05, 0.1) is 6.61 Å². The van der Waals surface area contributed by atoms with Crippen molar-refractivity contribution in [3.63, 3.8) is 0 Å². The fraction of sp³-hybridized carbons (Fsp3) is 0.444. The predicted molar refractivity (Wildman–Crippen MR) is 58.0 cm³/mol. The first kappa shape index (κ1) is 9.77. The predicted octanol–water partition coefficient (Wildman–Crippen LogP) is 2.59. The lowest BCUT2D eigenvalue weighted by molar-refractivity contribution is 0.326. The van der Waals surface area contributed by atoms with E-state index in [1.54, 1.807) is 6.20 Å². The Morgan fingerprint density at radius 3 is 3.00 bits per heavy atom. The first-order valence-corrected chi connectivity index (χ1v) is 5.12. The molecule has 0 aliphatic rings. The van der Waals surface area contributed by atoms with Gasteiger partial charge in [-0.05, 0) is 13.0 Å². The van der Waals surface area contributed by atoms with Crippen LogP contribution in [0, 0.1) is 6.92 Å². The van der Waals surface area contributed by atoms with Crippen LogP contribution in [0.15, 0.2) is 18.3 Å². The summed E-state index contributed by atoms with van der Waals surface area (Å²) in [5.41, 5.74) is 0.994. The molecule has 1 heterocycles. The van der Waals surface area contributed by atoms with Crippen LogP contribution in [0.3, 0.4) is 0 Å². The molecule has 2 nitrogen and oxygen atoms in total. The third kappa shape index (κ3) is 3.38. The zero-order chi connectivity index (χ0) is 8.97. The Morgan fingerprint density at radius 2 is 2.42 bits per heavy atom. The molecule has 12 heavy (non-hydrogen) atoms.